The molecule has 3 rings (SSSR count). The predicted octanol–water partition coefficient (Wildman–Crippen LogP) is 1.85. The van der Waals surface area contributed by atoms with E-state index in [0.29, 0.717) is 19.1 Å². The molecule has 0 unspecified atom stereocenters. The number of rotatable bonds is 8. The number of ether oxygens (including phenoxy) is 2. The van der Waals surface area contributed by atoms with E-state index in [4.69, 9.17) is 9.47 Å². The summed E-state index contributed by atoms with van der Waals surface area (Å²) in [4.78, 5) is 4.92. The number of hydrogen-bond donors (Lipinski definition) is 0. The smallest absolute Gasteiger partial charge is 0.168 e. The first-order valence-corrected chi connectivity index (χ1v) is 9.52. The summed E-state index contributed by atoms with van der Waals surface area (Å²) in [5.74, 6) is 2.24. The Labute approximate surface area is 161 Å². The van der Waals surface area contributed by atoms with E-state index < -0.39 is 0 Å². The number of methoxy groups -OCH3 is 2. The Morgan fingerprint density at radius 2 is 1.74 bits per heavy atom. The third-order valence-corrected chi connectivity index (χ3v) is 5.11. The Kier molecular flexibility index (Phi) is 6.63. The van der Waals surface area contributed by atoms with Gasteiger partial charge in [-0.3, -0.25) is 4.90 Å². The Morgan fingerprint density at radius 3 is 2.33 bits per heavy atom. The lowest BCUT2D eigenvalue weighted by Crippen LogP contribution is -2.49. The second-order valence-corrected chi connectivity index (χ2v) is 7.16. The van der Waals surface area contributed by atoms with E-state index in [2.05, 4.69) is 51.3 Å². The number of nitrogens with zero attached hydrogens (tertiary/aromatic N) is 6. The Morgan fingerprint density at radius 1 is 1.04 bits per heavy atom. The Hall–Kier alpha value is -2.19. The van der Waals surface area contributed by atoms with Crippen molar-refractivity contribution in [2.24, 2.45) is 5.92 Å². The van der Waals surface area contributed by atoms with Crippen LogP contribution in [0.3, 0.4) is 0 Å². The molecule has 1 atom stereocenters. The van der Waals surface area contributed by atoms with Gasteiger partial charge in [0.15, 0.2) is 5.82 Å². The van der Waals surface area contributed by atoms with Gasteiger partial charge in [0, 0.05) is 39.0 Å². The summed E-state index contributed by atoms with van der Waals surface area (Å²) in [5, 5.41) is 12.4. The molecule has 2 heterocycles. The van der Waals surface area contributed by atoms with Gasteiger partial charge in [0.1, 0.15) is 5.75 Å². The zero-order valence-corrected chi connectivity index (χ0v) is 16.7. The summed E-state index contributed by atoms with van der Waals surface area (Å²) in [6, 6.07) is 8.49. The van der Waals surface area contributed by atoms with Crippen LogP contribution in [-0.2, 0) is 11.3 Å². The van der Waals surface area contributed by atoms with Crippen molar-refractivity contribution in [3.05, 3.63) is 30.1 Å². The molecule has 1 aromatic carbocycles. The van der Waals surface area contributed by atoms with Crippen LogP contribution in [0.4, 0.5) is 5.69 Å². The van der Waals surface area contributed by atoms with Gasteiger partial charge in [-0.2, -0.15) is 0 Å². The quantitative estimate of drug-likeness (QED) is 0.698. The van der Waals surface area contributed by atoms with E-state index in [9.17, 15) is 0 Å². The van der Waals surface area contributed by atoms with Crippen LogP contribution in [0.25, 0.3) is 0 Å². The molecule has 1 aliphatic heterocycles. The molecule has 0 saturated carbocycles. The lowest BCUT2D eigenvalue weighted by molar-refractivity contribution is 0.129. The zero-order chi connectivity index (χ0) is 19.2. The fourth-order valence-electron chi connectivity index (χ4n) is 3.69. The summed E-state index contributed by atoms with van der Waals surface area (Å²) >= 11 is 0. The third kappa shape index (κ3) is 4.56. The lowest BCUT2D eigenvalue weighted by atomic mass is 10.0. The highest BCUT2D eigenvalue weighted by molar-refractivity contribution is 5.49. The van der Waals surface area contributed by atoms with Gasteiger partial charge in [-0.1, -0.05) is 13.8 Å². The number of anilines is 1. The summed E-state index contributed by atoms with van der Waals surface area (Å²) in [7, 11) is 3.39. The molecular weight excluding hydrogens is 344 g/mol. The van der Waals surface area contributed by atoms with E-state index in [-0.39, 0.29) is 6.04 Å². The zero-order valence-electron chi connectivity index (χ0n) is 16.7. The number of piperazine rings is 1. The van der Waals surface area contributed by atoms with Gasteiger partial charge in [-0.05, 0) is 40.6 Å². The molecule has 8 nitrogen and oxygen atoms in total. The van der Waals surface area contributed by atoms with Crippen LogP contribution in [0.2, 0.25) is 0 Å². The van der Waals surface area contributed by atoms with E-state index in [1.54, 1.807) is 14.2 Å². The minimum atomic E-state index is 0.204. The van der Waals surface area contributed by atoms with Crippen LogP contribution in [0, 0.1) is 5.92 Å². The van der Waals surface area contributed by atoms with E-state index in [1.165, 1.54) is 5.69 Å². The first kappa shape index (κ1) is 19.6. The first-order chi connectivity index (χ1) is 13.1. The minimum Gasteiger partial charge on any atom is -0.497 e. The summed E-state index contributed by atoms with van der Waals surface area (Å²) < 4.78 is 12.3. The standard InChI is InChI=1S/C19H30N6O2/c1-15(2)18(19-20-21-22-25(19)13-14-26-3)24-11-9-23(10-12-24)16-5-7-17(27-4)8-6-16/h5-8,15,18H,9-14H2,1-4H3/t18-/m0/s1. The van der Waals surface area contributed by atoms with Gasteiger partial charge in [-0.25, -0.2) is 4.68 Å². The maximum Gasteiger partial charge on any atom is 0.168 e. The van der Waals surface area contributed by atoms with Crippen LogP contribution < -0.4 is 9.64 Å². The van der Waals surface area contributed by atoms with Gasteiger partial charge in [0.2, 0.25) is 0 Å². The number of tetrazole rings is 1. The van der Waals surface area contributed by atoms with Gasteiger partial charge in [0.05, 0.1) is 26.3 Å². The average Bonchev–Trinajstić information content (AvgIpc) is 3.15. The van der Waals surface area contributed by atoms with Crippen LogP contribution in [0.1, 0.15) is 25.7 Å². The molecule has 0 spiro atoms. The van der Waals surface area contributed by atoms with E-state index in [0.717, 1.165) is 37.8 Å². The molecule has 0 N–H and O–H groups in total. The molecule has 1 saturated heterocycles. The first-order valence-electron chi connectivity index (χ1n) is 9.52. The van der Waals surface area contributed by atoms with Crippen molar-refractivity contribution < 1.29 is 9.47 Å². The third-order valence-electron chi connectivity index (χ3n) is 5.11. The lowest BCUT2D eigenvalue weighted by Gasteiger charge is -2.41. The normalized spacial score (nSPS) is 16.7. The highest BCUT2D eigenvalue weighted by Crippen LogP contribution is 2.29. The second kappa shape index (κ2) is 9.14. The highest BCUT2D eigenvalue weighted by atomic mass is 16.5. The van der Waals surface area contributed by atoms with Crippen molar-refractivity contribution in [1.29, 1.82) is 0 Å². The summed E-state index contributed by atoms with van der Waals surface area (Å²) in [6.07, 6.45) is 0. The van der Waals surface area contributed by atoms with Crippen molar-refractivity contribution in [2.45, 2.75) is 26.4 Å². The average molecular weight is 374 g/mol. The molecule has 148 valence electrons. The molecule has 0 aliphatic carbocycles. The van der Waals surface area contributed by atoms with Crippen molar-refractivity contribution in [3.8, 4) is 5.75 Å². The number of aromatic nitrogens is 4. The van der Waals surface area contributed by atoms with Crippen LogP contribution in [-0.4, -0.2) is 72.1 Å². The minimum absolute atomic E-state index is 0.204. The predicted molar refractivity (Wildman–Crippen MR) is 104 cm³/mol. The SMILES string of the molecule is COCCn1nnnc1[C@H](C(C)C)N1CCN(c2ccc(OC)cc2)CC1. The Balaban J connectivity index is 1.67. The molecule has 0 bridgehead atoms. The highest BCUT2D eigenvalue weighted by Gasteiger charge is 2.31. The van der Waals surface area contributed by atoms with E-state index >= 15 is 0 Å². The molecule has 2 aromatic rings. The van der Waals surface area contributed by atoms with Crippen molar-refractivity contribution in [2.75, 3.05) is 51.9 Å². The van der Waals surface area contributed by atoms with Crippen LogP contribution in [0.15, 0.2) is 24.3 Å². The molecule has 1 aromatic heterocycles. The molecule has 0 amide bonds. The monoisotopic (exact) mass is 374 g/mol. The van der Waals surface area contributed by atoms with Gasteiger partial charge in [-0.15, -0.1) is 5.10 Å². The molecule has 27 heavy (non-hydrogen) atoms. The number of benzene rings is 1. The van der Waals surface area contributed by atoms with Crippen molar-refractivity contribution >= 4 is 5.69 Å². The molecule has 1 fully saturated rings. The largest absolute Gasteiger partial charge is 0.497 e. The van der Waals surface area contributed by atoms with Gasteiger partial charge < -0.3 is 14.4 Å². The number of hydrogen-bond acceptors (Lipinski definition) is 7. The molecule has 0 radical (unpaired) electrons. The topological polar surface area (TPSA) is 68.5 Å². The fraction of sp³-hybridized carbons (Fsp3) is 0.632. The molecular formula is C19H30N6O2. The maximum absolute atomic E-state index is 5.26. The summed E-state index contributed by atoms with van der Waals surface area (Å²) in [5.41, 5.74) is 1.24. The van der Waals surface area contributed by atoms with Crippen molar-refractivity contribution in [3.63, 3.8) is 0 Å². The van der Waals surface area contributed by atoms with Crippen molar-refractivity contribution in [1.82, 2.24) is 25.1 Å². The Bertz CT molecular complexity index is 694. The maximum atomic E-state index is 5.26. The fourth-order valence-corrected chi connectivity index (χ4v) is 3.69. The van der Waals surface area contributed by atoms with E-state index in [1.807, 2.05) is 16.8 Å². The van der Waals surface area contributed by atoms with Gasteiger partial charge in [0.25, 0.3) is 0 Å². The van der Waals surface area contributed by atoms with Crippen LogP contribution >= 0.6 is 0 Å². The molecule has 1 aliphatic rings. The summed E-state index contributed by atoms with van der Waals surface area (Å²) in [6.45, 7) is 9.66. The van der Waals surface area contributed by atoms with Crippen LogP contribution in [0.5, 0.6) is 5.75 Å². The second-order valence-electron chi connectivity index (χ2n) is 7.16. The van der Waals surface area contributed by atoms with Gasteiger partial charge >= 0.3 is 0 Å². The molecule has 8 heteroatoms.